The van der Waals surface area contributed by atoms with Crippen LogP contribution in [0.25, 0.3) is 0 Å². The third-order valence-electron chi connectivity index (χ3n) is 3.57. The largest absolute Gasteiger partial charge is 0.367 e. The van der Waals surface area contributed by atoms with Crippen LogP contribution in [0.5, 0.6) is 0 Å². The van der Waals surface area contributed by atoms with E-state index in [0.29, 0.717) is 6.04 Å². The van der Waals surface area contributed by atoms with Crippen LogP contribution in [0.4, 0.5) is 5.82 Å². The zero-order valence-electron chi connectivity index (χ0n) is 10.2. The van der Waals surface area contributed by atoms with E-state index in [0.717, 1.165) is 17.4 Å². The molecule has 88 valence electrons. The van der Waals surface area contributed by atoms with Gasteiger partial charge in [-0.1, -0.05) is 26.2 Å². The highest BCUT2D eigenvalue weighted by Gasteiger charge is 2.23. The number of aryl methyl sites for hydroxylation is 1. The Morgan fingerprint density at radius 3 is 2.88 bits per heavy atom. The van der Waals surface area contributed by atoms with Gasteiger partial charge in [0.2, 0.25) is 0 Å². The molecular weight excluding hydrogens is 198 g/mol. The van der Waals surface area contributed by atoms with Gasteiger partial charge in [0.25, 0.3) is 0 Å². The van der Waals surface area contributed by atoms with Gasteiger partial charge in [0.05, 0.1) is 0 Å². The van der Waals surface area contributed by atoms with Gasteiger partial charge in [-0.05, 0) is 25.7 Å². The van der Waals surface area contributed by atoms with E-state index in [2.05, 4.69) is 22.2 Å². The summed E-state index contributed by atoms with van der Waals surface area (Å²) in [7, 11) is 0. The number of nitrogens with zero attached hydrogens (tertiary/aromatic N) is 2. The number of hydrogen-bond acceptors (Lipinski definition) is 3. The van der Waals surface area contributed by atoms with Gasteiger partial charge in [-0.15, -0.1) is 0 Å². The smallest absolute Gasteiger partial charge is 0.129 e. The first-order valence-corrected chi connectivity index (χ1v) is 6.34. The molecule has 1 aliphatic carbocycles. The van der Waals surface area contributed by atoms with Crippen molar-refractivity contribution < 1.29 is 0 Å². The Labute approximate surface area is 97.7 Å². The predicted molar refractivity (Wildman–Crippen MR) is 66.4 cm³/mol. The summed E-state index contributed by atoms with van der Waals surface area (Å²) < 4.78 is 0. The molecule has 1 aliphatic rings. The highest BCUT2D eigenvalue weighted by atomic mass is 15.0. The van der Waals surface area contributed by atoms with Crippen LogP contribution in [0.3, 0.4) is 0 Å². The van der Waals surface area contributed by atoms with Gasteiger partial charge >= 0.3 is 0 Å². The number of hydrogen-bond donors (Lipinski definition) is 1. The lowest BCUT2D eigenvalue weighted by Crippen LogP contribution is -2.32. The average molecular weight is 219 g/mol. The predicted octanol–water partition coefficient (Wildman–Crippen LogP) is 3.17. The summed E-state index contributed by atoms with van der Waals surface area (Å²) in [5.74, 6) is 1.79. The molecule has 3 nitrogen and oxygen atoms in total. The van der Waals surface area contributed by atoms with Crippen molar-refractivity contribution in [2.45, 2.75) is 52.0 Å². The normalized spacial score (nSPS) is 25.4. The van der Waals surface area contributed by atoms with Gasteiger partial charge in [-0.2, -0.15) is 0 Å². The van der Waals surface area contributed by atoms with Crippen LogP contribution in [-0.2, 0) is 0 Å². The Morgan fingerprint density at radius 1 is 1.31 bits per heavy atom. The molecule has 0 aliphatic heterocycles. The molecule has 1 fully saturated rings. The topological polar surface area (TPSA) is 37.8 Å². The molecule has 0 aromatic carbocycles. The Hall–Kier alpha value is -1.12. The molecular formula is C13H21N3. The molecule has 1 heterocycles. The van der Waals surface area contributed by atoms with E-state index in [1.807, 2.05) is 13.0 Å². The third-order valence-corrected chi connectivity index (χ3v) is 3.57. The van der Waals surface area contributed by atoms with Gasteiger partial charge in [0, 0.05) is 17.8 Å². The van der Waals surface area contributed by atoms with E-state index in [-0.39, 0.29) is 0 Å². The van der Waals surface area contributed by atoms with E-state index >= 15 is 0 Å². The minimum absolute atomic E-state index is 0.605. The van der Waals surface area contributed by atoms with Crippen LogP contribution in [0.15, 0.2) is 12.4 Å². The van der Waals surface area contributed by atoms with Crippen molar-refractivity contribution in [2.24, 2.45) is 5.92 Å². The number of rotatable bonds is 3. The number of anilines is 1. The quantitative estimate of drug-likeness (QED) is 0.848. The molecule has 1 N–H and O–H groups in total. The van der Waals surface area contributed by atoms with Gasteiger partial charge in [-0.25, -0.2) is 9.97 Å². The van der Waals surface area contributed by atoms with Crippen molar-refractivity contribution in [2.75, 3.05) is 5.32 Å². The highest BCUT2D eigenvalue weighted by molar-refractivity contribution is 5.35. The molecule has 0 bridgehead atoms. The van der Waals surface area contributed by atoms with Crippen LogP contribution in [-0.4, -0.2) is 16.0 Å². The summed E-state index contributed by atoms with van der Waals surface area (Å²) in [5.41, 5.74) is 1.03. The monoisotopic (exact) mass is 219 g/mol. The maximum absolute atomic E-state index is 4.28. The van der Waals surface area contributed by atoms with Crippen LogP contribution >= 0.6 is 0 Å². The Morgan fingerprint density at radius 2 is 2.12 bits per heavy atom. The molecule has 2 atom stereocenters. The molecule has 1 aromatic rings. The second-order valence-corrected chi connectivity index (χ2v) is 4.75. The van der Waals surface area contributed by atoms with Crippen molar-refractivity contribution in [1.29, 1.82) is 0 Å². The molecule has 0 radical (unpaired) electrons. The van der Waals surface area contributed by atoms with Crippen LogP contribution in [0, 0.1) is 12.8 Å². The SMILES string of the molecule is CCC1CCCCC1Nc1cc(C)ncn1. The molecule has 3 heteroatoms. The van der Waals surface area contributed by atoms with Gasteiger partial charge < -0.3 is 5.32 Å². The van der Waals surface area contributed by atoms with Crippen LogP contribution in [0.1, 0.15) is 44.7 Å². The zero-order valence-corrected chi connectivity index (χ0v) is 10.2. The Bertz CT molecular complexity index is 338. The molecule has 16 heavy (non-hydrogen) atoms. The molecule has 1 saturated carbocycles. The molecule has 1 aromatic heterocycles. The summed E-state index contributed by atoms with van der Waals surface area (Å²) in [6, 6.07) is 2.63. The lowest BCUT2D eigenvalue weighted by atomic mass is 9.83. The van der Waals surface area contributed by atoms with E-state index in [1.54, 1.807) is 6.33 Å². The van der Waals surface area contributed by atoms with Crippen molar-refractivity contribution >= 4 is 5.82 Å². The van der Waals surface area contributed by atoms with Crippen molar-refractivity contribution in [1.82, 2.24) is 9.97 Å². The molecule has 2 rings (SSSR count). The number of nitrogens with one attached hydrogen (secondary N) is 1. The van der Waals surface area contributed by atoms with Gasteiger partial charge in [0.15, 0.2) is 0 Å². The van der Waals surface area contributed by atoms with Crippen molar-refractivity contribution in [3.05, 3.63) is 18.1 Å². The molecule has 0 amide bonds. The third kappa shape index (κ3) is 2.71. The minimum atomic E-state index is 0.605. The second kappa shape index (κ2) is 5.28. The zero-order chi connectivity index (χ0) is 11.4. The first kappa shape index (κ1) is 11.4. The van der Waals surface area contributed by atoms with Crippen molar-refractivity contribution in [3.8, 4) is 0 Å². The first-order valence-electron chi connectivity index (χ1n) is 6.34. The lowest BCUT2D eigenvalue weighted by Gasteiger charge is -2.31. The molecule has 0 saturated heterocycles. The first-order chi connectivity index (χ1) is 7.79. The maximum Gasteiger partial charge on any atom is 0.129 e. The highest BCUT2D eigenvalue weighted by Crippen LogP contribution is 2.28. The van der Waals surface area contributed by atoms with Crippen LogP contribution in [0.2, 0.25) is 0 Å². The summed E-state index contributed by atoms with van der Waals surface area (Å²) in [6.45, 7) is 4.29. The Balaban J connectivity index is 2.02. The van der Waals surface area contributed by atoms with Crippen LogP contribution < -0.4 is 5.32 Å². The lowest BCUT2D eigenvalue weighted by molar-refractivity contribution is 0.317. The second-order valence-electron chi connectivity index (χ2n) is 4.75. The van der Waals surface area contributed by atoms with E-state index in [1.165, 1.54) is 32.1 Å². The summed E-state index contributed by atoms with van der Waals surface area (Å²) in [4.78, 5) is 8.40. The fraction of sp³-hybridized carbons (Fsp3) is 0.692. The van der Waals surface area contributed by atoms with E-state index in [4.69, 9.17) is 0 Å². The summed E-state index contributed by atoms with van der Waals surface area (Å²) >= 11 is 0. The average Bonchev–Trinajstić information content (AvgIpc) is 2.30. The fourth-order valence-electron chi connectivity index (χ4n) is 2.61. The standard InChI is InChI=1S/C13H21N3/c1-3-11-6-4-5-7-12(11)16-13-8-10(2)14-9-15-13/h8-9,11-12H,3-7H2,1-2H3,(H,14,15,16). The Kier molecular flexibility index (Phi) is 3.75. The molecule has 0 spiro atoms. The van der Waals surface area contributed by atoms with E-state index < -0.39 is 0 Å². The summed E-state index contributed by atoms with van der Waals surface area (Å²) in [5, 5.41) is 3.57. The summed E-state index contributed by atoms with van der Waals surface area (Å²) in [6.07, 6.45) is 8.28. The fourth-order valence-corrected chi connectivity index (χ4v) is 2.61. The van der Waals surface area contributed by atoms with Gasteiger partial charge in [0.1, 0.15) is 12.1 Å². The van der Waals surface area contributed by atoms with Gasteiger partial charge in [-0.3, -0.25) is 0 Å². The van der Waals surface area contributed by atoms with E-state index in [9.17, 15) is 0 Å². The van der Waals surface area contributed by atoms with Crippen molar-refractivity contribution in [3.63, 3.8) is 0 Å². The minimum Gasteiger partial charge on any atom is -0.367 e. The number of aromatic nitrogens is 2. The maximum atomic E-state index is 4.28. The molecule has 2 unspecified atom stereocenters.